The maximum atomic E-state index is 13.5. The lowest BCUT2D eigenvalue weighted by atomic mass is 10.0. The van der Waals surface area contributed by atoms with Crippen molar-refractivity contribution in [1.82, 2.24) is 10.5 Å². The van der Waals surface area contributed by atoms with E-state index in [1.54, 1.807) is 17.8 Å². The Labute approximate surface area is 142 Å². The van der Waals surface area contributed by atoms with Gasteiger partial charge in [-0.2, -0.15) is 0 Å². The van der Waals surface area contributed by atoms with Crippen LogP contribution in [0.15, 0.2) is 51.9 Å². The summed E-state index contributed by atoms with van der Waals surface area (Å²) in [5.74, 6) is 0.482. The number of carbonyl (C=O) groups is 1. The highest BCUT2D eigenvalue weighted by molar-refractivity contribution is 7.99. The van der Waals surface area contributed by atoms with E-state index < -0.39 is 0 Å². The lowest BCUT2D eigenvalue weighted by molar-refractivity contribution is -0.121. The quantitative estimate of drug-likeness (QED) is 0.785. The van der Waals surface area contributed by atoms with Crippen molar-refractivity contribution in [2.75, 3.05) is 5.75 Å². The van der Waals surface area contributed by atoms with Crippen molar-refractivity contribution in [1.29, 1.82) is 0 Å². The van der Waals surface area contributed by atoms with Crippen LogP contribution in [0.2, 0.25) is 0 Å². The monoisotopic (exact) mass is 342 g/mol. The molecule has 0 bridgehead atoms. The summed E-state index contributed by atoms with van der Waals surface area (Å²) >= 11 is 1.69. The van der Waals surface area contributed by atoms with Gasteiger partial charge in [-0.1, -0.05) is 17.3 Å². The van der Waals surface area contributed by atoms with Crippen LogP contribution in [0, 0.1) is 5.82 Å². The molecule has 4 nitrogen and oxygen atoms in total. The minimum atomic E-state index is -0.280. The lowest BCUT2D eigenvalue weighted by Crippen LogP contribution is -2.32. The summed E-state index contributed by atoms with van der Waals surface area (Å²) in [6.45, 7) is 0. The first-order valence-corrected chi connectivity index (χ1v) is 8.74. The molecule has 2 heterocycles. The second kappa shape index (κ2) is 6.28. The average molecular weight is 342 g/mol. The molecule has 0 saturated carbocycles. The van der Waals surface area contributed by atoms with E-state index in [0.717, 1.165) is 28.0 Å². The van der Waals surface area contributed by atoms with Crippen molar-refractivity contribution in [3.63, 3.8) is 0 Å². The number of amides is 1. The summed E-state index contributed by atoms with van der Waals surface area (Å²) in [6, 6.07) is 12.0. The number of hydrogen-bond acceptors (Lipinski definition) is 4. The Morgan fingerprint density at radius 2 is 2.21 bits per heavy atom. The molecule has 0 spiro atoms. The smallest absolute Gasteiger partial charge is 0.226 e. The number of nitrogens with one attached hydrogen (secondary N) is 1. The van der Waals surface area contributed by atoms with Gasteiger partial charge in [0.2, 0.25) is 5.91 Å². The van der Waals surface area contributed by atoms with E-state index in [1.807, 2.05) is 24.3 Å². The van der Waals surface area contributed by atoms with E-state index in [1.165, 1.54) is 12.1 Å². The minimum Gasteiger partial charge on any atom is -0.356 e. The number of thioether (sulfide) groups is 1. The van der Waals surface area contributed by atoms with Gasteiger partial charge in [0.1, 0.15) is 11.5 Å². The van der Waals surface area contributed by atoms with Crippen LogP contribution >= 0.6 is 11.8 Å². The third-order valence-electron chi connectivity index (χ3n) is 4.13. The van der Waals surface area contributed by atoms with Crippen molar-refractivity contribution < 1.29 is 13.7 Å². The van der Waals surface area contributed by atoms with E-state index in [9.17, 15) is 9.18 Å². The second-order valence-electron chi connectivity index (χ2n) is 5.74. The molecular weight excluding hydrogens is 327 g/mol. The SMILES string of the molecule is O=C(Cc1noc2ccccc12)NC1CCSc2ccc(F)cc21. The summed E-state index contributed by atoms with van der Waals surface area (Å²) in [4.78, 5) is 13.5. The third-order valence-corrected chi connectivity index (χ3v) is 5.25. The molecule has 24 heavy (non-hydrogen) atoms. The predicted octanol–water partition coefficient (Wildman–Crippen LogP) is 3.86. The Morgan fingerprint density at radius 3 is 3.12 bits per heavy atom. The topological polar surface area (TPSA) is 55.1 Å². The first-order valence-electron chi connectivity index (χ1n) is 7.75. The number of hydrogen-bond donors (Lipinski definition) is 1. The number of carbonyl (C=O) groups excluding carboxylic acids is 1. The van der Waals surface area contributed by atoms with Gasteiger partial charge in [-0.25, -0.2) is 4.39 Å². The molecule has 0 aliphatic carbocycles. The number of aromatic nitrogens is 1. The Bertz CT molecular complexity index is 909. The Kier molecular flexibility index (Phi) is 3.98. The summed E-state index contributed by atoms with van der Waals surface area (Å²) in [5, 5.41) is 7.84. The van der Waals surface area contributed by atoms with Crippen molar-refractivity contribution in [2.45, 2.75) is 23.8 Å². The number of rotatable bonds is 3. The fourth-order valence-corrected chi connectivity index (χ4v) is 4.08. The van der Waals surface area contributed by atoms with Crippen LogP contribution in [-0.4, -0.2) is 16.8 Å². The summed E-state index contributed by atoms with van der Waals surface area (Å²) < 4.78 is 18.8. The summed E-state index contributed by atoms with van der Waals surface area (Å²) in [7, 11) is 0. The molecule has 4 rings (SSSR count). The zero-order valence-electron chi connectivity index (χ0n) is 12.8. The maximum Gasteiger partial charge on any atom is 0.226 e. The van der Waals surface area contributed by atoms with Crippen molar-refractivity contribution in [3.05, 3.63) is 59.5 Å². The van der Waals surface area contributed by atoms with Crippen LogP contribution in [0.4, 0.5) is 4.39 Å². The first kappa shape index (κ1) is 15.2. The molecule has 1 aromatic heterocycles. The first-order chi connectivity index (χ1) is 11.7. The van der Waals surface area contributed by atoms with Crippen LogP contribution in [-0.2, 0) is 11.2 Å². The van der Waals surface area contributed by atoms with Gasteiger partial charge < -0.3 is 9.84 Å². The Balaban J connectivity index is 1.52. The second-order valence-corrected chi connectivity index (χ2v) is 6.88. The molecule has 1 unspecified atom stereocenters. The van der Waals surface area contributed by atoms with Crippen LogP contribution < -0.4 is 5.32 Å². The molecule has 3 aromatic rings. The third kappa shape index (κ3) is 2.89. The molecule has 122 valence electrons. The highest BCUT2D eigenvalue weighted by atomic mass is 32.2. The standard InChI is InChI=1S/C18H15FN2O2S/c19-11-5-6-17-13(9-11)14(7-8-24-17)20-18(22)10-15-12-3-1-2-4-16(12)23-21-15/h1-6,9,14H,7-8,10H2,(H,20,22). The van der Waals surface area contributed by atoms with E-state index in [4.69, 9.17) is 4.52 Å². The van der Waals surface area contributed by atoms with Gasteiger partial charge in [-0.3, -0.25) is 4.79 Å². The van der Waals surface area contributed by atoms with E-state index in [0.29, 0.717) is 11.3 Å². The predicted molar refractivity (Wildman–Crippen MR) is 90.3 cm³/mol. The molecular formula is C18H15FN2O2S. The zero-order valence-corrected chi connectivity index (χ0v) is 13.6. The minimum absolute atomic E-state index is 0.138. The van der Waals surface area contributed by atoms with Gasteiger partial charge >= 0.3 is 0 Å². The largest absolute Gasteiger partial charge is 0.356 e. The molecule has 1 amide bonds. The van der Waals surface area contributed by atoms with Crippen molar-refractivity contribution in [3.8, 4) is 0 Å². The number of para-hydroxylation sites is 1. The van der Waals surface area contributed by atoms with Crippen molar-refractivity contribution in [2.24, 2.45) is 0 Å². The van der Waals surface area contributed by atoms with Gasteiger partial charge in [0.05, 0.1) is 12.5 Å². The number of nitrogens with zero attached hydrogens (tertiary/aromatic N) is 1. The fraction of sp³-hybridized carbons (Fsp3) is 0.222. The van der Waals surface area contributed by atoms with Gasteiger partial charge in [0.25, 0.3) is 0 Å². The molecule has 0 fully saturated rings. The highest BCUT2D eigenvalue weighted by Gasteiger charge is 2.23. The van der Waals surface area contributed by atoms with Crippen LogP contribution in [0.25, 0.3) is 11.0 Å². The summed E-state index contributed by atoms with van der Waals surface area (Å²) in [6.07, 6.45) is 0.928. The van der Waals surface area contributed by atoms with Gasteiger partial charge in [-0.15, -0.1) is 11.8 Å². The molecule has 2 aromatic carbocycles. The molecule has 1 aliphatic rings. The van der Waals surface area contributed by atoms with Crippen LogP contribution in [0.3, 0.4) is 0 Å². The Hall–Kier alpha value is -2.34. The van der Waals surface area contributed by atoms with Crippen molar-refractivity contribution >= 4 is 28.6 Å². The van der Waals surface area contributed by atoms with E-state index in [-0.39, 0.29) is 24.2 Å². The van der Waals surface area contributed by atoms with Crippen LogP contribution in [0.1, 0.15) is 23.7 Å². The van der Waals surface area contributed by atoms with Gasteiger partial charge in [0.15, 0.2) is 5.58 Å². The number of fused-ring (bicyclic) bond motifs is 2. The highest BCUT2D eigenvalue weighted by Crippen LogP contribution is 2.36. The molecule has 1 atom stereocenters. The zero-order chi connectivity index (χ0) is 16.5. The normalized spacial score (nSPS) is 16.8. The number of benzene rings is 2. The van der Waals surface area contributed by atoms with E-state index in [2.05, 4.69) is 10.5 Å². The van der Waals surface area contributed by atoms with Gasteiger partial charge in [-0.05, 0) is 42.3 Å². The molecule has 0 saturated heterocycles. The average Bonchev–Trinajstić information content (AvgIpc) is 2.98. The lowest BCUT2D eigenvalue weighted by Gasteiger charge is -2.25. The number of halogens is 1. The molecule has 1 aliphatic heterocycles. The van der Waals surface area contributed by atoms with Crippen LogP contribution in [0.5, 0.6) is 0 Å². The molecule has 6 heteroatoms. The van der Waals surface area contributed by atoms with E-state index >= 15 is 0 Å². The Morgan fingerprint density at radius 1 is 1.33 bits per heavy atom. The maximum absolute atomic E-state index is 13.5. The molecule has 0 radical (unpaired) electrons. The molecule has 1 N–H and O–H groups in total. The summed E-state index contributed by atoms with van der Waals surface area (Å²) in [5.41, 5.74) is 2.14. The fourth-order valence-electron chi connectivity index (χ4n) is 2.98. The van der Waals surface area contributed by atoms with Gasteiger partial charge in [0, 0.05) is 16.0 Å².